The lowest BCUT2D eigenvalue weighted by molar-refractivity contribution is 0.112. The van der Waals surface area contributed by atoms with Gasteiger partial charge in [0.2, 0.25) is 12.2 Å². The van der Waals surface area contributed by atoms with Crippen LogP contribution in [0.3, 0.4) is 0 Å². The molecule has 0 saturated heterocycles. The maximum Gasteiger partial charge on any atom is 0.238 e. The lowest BCUT2D eigenvalue weighted by Gasteiger charge is -1.94. The van der Waals surface area contributed by atoms with Crippen LogP contribution in [0.1, 0.15) is 10.5 Å². The van der Waals surface area contributed by atoms with Crippen LogP contribution < -0.4 is 0 Å². The van der Waals surface area contributed by atoms with Gasteiger partial charge in [0.05, 0.1) is 5.52 Å². The van der Waals surface area contributed by atoms with Crippen molar-refractivity contribution in [2.45, 2.75) is 0 Å². The maximum absolute atomic E-state index is 10.9. The topological polar surface area (TPSA) is 73.3 Å². The second kappa shape index (κ2) is 3.27. The molecule has 0 saturated carbocycles. The third kappa shape index (κ3) is 1.13. The first kappa shape index (κ1) is 8.78. The Morgan fingerprint density at radius 2 is 2.31 bits per heavy atom. The van der Waals surface area contributed by atoms with Gasteiger partial charge in [0, 0.05) is 6.20 Å². The first-order valence-corrected chi connectivity index (χ1v) is 4.59. The molecule has 16 heavy (non-hydrogen) atoms. The van der Waals surface area contributed by atoms with Crippen LogP contribution in [0.5, 0.6) is 0 Å². The minimum atomic E-state index is 0.356. The van der Waals surface area contributed by atoms with Crippen LogP contribution in [-0.2, 0) is 0 Å². The molecule has 3 rings (SSSR count). The molecule has 78 valence electrons. The van der Waals surface area contributed by atoms with Gasteiger partial charge < -0.3 is 4.52 Å². The minimum absolute atomic E-state index is 0.356. The van der Waals surface area contributed by atoms with Gasteiger partial charge in [-0.05, 0) is 12.1 Å². The van der Waals surface area contributed by atoms with Gasteiger partial charge in [-0.1, -0.05) is 11.2 Å². The number of aromatic nitrogens is 4. The van der Waals surface area contributed by atoms with Gasteiger partial charge in [-0.2, -0.15) is 4.98 Å². The van der Waals surface area contributed by atoms with E-state index in [1.165, 1.54) is 6.39 Å². The van der Waals surface area contributed by atoms with E-state index < -0.39 is 0 Å². The van der Waals surface area contributed by atoms with Gasteiger partial charge in [0.25, 0.3) is 0 Å². The van der Waals surface area contributed by atoms with Crippen molar-refractivity contribution < 1.29 is 9.32 Å². The van der Waals surface area contributed by atoms with Gasteiger partial charge in [-0.25, -0.2) is 4.98 Å². The number of carbonyl (C=O) groups is 1. The van der Waals surface area contributed by atoms with E-state index in [-0.39, 0.29) is 0 Å². The second-order valence-corrected chi connectivity index (χ2v) is 3.15. The Bertz CT molecular complexity index is 642. The summed E-state index contributed by atoms with van der Waals surface area (Å²) < 4.78 is 6.40. The molecule has 6 heteroatoms. The number of aldehydes is 1. The monoisotopic (exact) mass is 214 g/mol. The predicted molar refractivity (Wildman–Crippen MR) is 53.9 cm³/mol. The average Bonchev–Trinajstić information content (AvgIpc) is 2.95. The van der Waals surface area contributed by atoms with Crippen LogP contribution in [0.15, 0.2) is 35.3 Å². The van der Waals surface area contributed by atoms with Crippen LogP contribution in [-0.4, -0.2) is 25.8 Å². The third-order valence-electron chi connectivity index (χ3n) is 2.25. The Morgan fingerprint density at radius 1 is 1.38 bits per heavy atom. The van der Waals surface area contributed by atoms with Gasteiger partial charge in [-0.3, -0.25) is 9.20 Å². The standard InChI is InChI=1S/C10H6N4O2/c15-5-7-8-3-1-2-4-14(8)10(12-7)9-11-6-16-13-9/h1-6H. The number of hydrogen-bond donors (Lipinski definition) is 0. The minimum Gasteiger partial charge on any atom is -0.342 e. The predicted octanol–water partition coefficient (Wildman–Crippen LogP) is 1.20. The van der Waals surface area contributed by atoms with E-state index in [0.717, 1.165) is 5.52 Å². The normalized spacial score (nSPS) is 10.8. The van der Waals surface area contributed by atoms with E-state index in [1.807, 2.05) is 12.1 Å². The lowest BCUT2D eigenvalue weighted by atomic mass is 10.3. The van der Waals surface area contributed by atoms with Crippen molar-refractivity contribution in [3.8, 4) is 11.6 Å². The summed E-state index contributed by atoms with van der Waals surface area (Å²) in [4.78, 5) is 18.9. The molecule has 0 radical (unpaired) electrons. The molecule has 0 fully saturated rings. The number of rotatable bonds is 2. The summed E-state index contributed by atoms with van der Waals surface area (Å²) in [7, 11) is 0. The Morgan fingerprint density at radius 3 is 3.06 bits per heavy atom. The molecule has 3 aromatic rings. The molecule has 0 spiro atoms. The number of imidazole rings is 1. The van der Waals surface area contributed by atoms with Crippen molar-refractivity contribution >= 4 is 11.8 Å². The largest absolute Gasteiger partial charge is 0.342 e. The molecule has 0 aliphatic heterocycles. The zero-order valence-corrected chi connectivity index (χ0v) is 8.07. The number of nitrogens with zero attached hydrogens (tertiary/aromatic N) is 4. The summed E-state index contributed by atoms with van der Waals surface area (Å²) in [5.41, 5.74) is 1.08. The fraction of sp³-hybridized carbons (Fsp3) is 0. The van der Waals surface area contributed by atoms with Crippen LogP contribution in [0.25, 0.3) is 17.2 Å². The first-order chi connectivity index (χ1) is 7.90. The van der Waals surface area contributed by atoms with E-state index in [4.69, 9.17) is 0 Å². The Kier molecular flexibility index (Phi) is 1.79. The molecule has 0 unspecified atom stereocenters. The molecule has 0 aromatic carbocycles. The number of hydrogen-bond acceptors (Lipinski definition) is 5. The molecule has 0 bridgehead atoms. The highest BCUT2D eigenvalue weighted by molar-refractivity contribution is 5.85. The summed E-state index contributed by atoms with van der Waals surface area (Å²) in [6.45, 7) is 0. The van der Waals surface area contributed by atoms with Gasteiger partial charge >= 0.3 is 0 Å². The zero-order chi connectivity index (χ0) is 11.0. The number of carbonyl (C=O) groups excluding carboxylic acids is 1. The summed E-state index contributed by atoms with van der Waals surface area (Å²) in [6.07, 6.45) is 3.72. The van der Waals surface area contributed by atoms with E-state index in [9.17, 15) is 4.79 Å². The molecule has 3 heterocycles. The van der Waals surface area contributed by atoms with E-state index in [1.54, 1.807) is 16.7 Å². The Hall–Kier alpha value is -2.50. The van der Waals surface area contributed by atoms with Crippen molar-refractivity contribution in [1.29, 1.82) is 0 Å². The summed E-state index contributed by atoms with van der Waals surface area (Å²) in [5.74, 6) is 0.848. The Labute approximate surface area is 89.5 Å². The van der Waals surface area contributed by atoms with Gasteiger partial charge in [0.15, 0.2) is 12.1 Å². The summed E-state index contributed by atoms with van der Waals surface area (Å²) in [6, 6.07) is 5.48. The SMILES string of the molecule is O=Cc1nc(-c2ncon2)n2ccccc12. The molecule has 0 aliphatic rings. The fourth-order valence-electron chi connectivity index (χ4n) is 1.58. The van der Waals surface area contributed by atoms with Crippen LogP contribution >= 0.6 is 0 Å². The van der Waals surface area contributed by atoms with Crippen molar-refractivity contribution in [2.75, 3.05) is 0 Å². The molecular formula is C10H6N4O2. The molecule has 0 atom stereocenters. The fourth-order valence-corrected chi connectivity index (χ4v) is 1.58. The van der Waals surface area contributed by atoms with Crippen molar-refractivity contribution in [3.63, 3.8) is 0 Å². The first-order valence-electron chi connectivity index (χ1n) is 4.59. The van der Waals surface area contributed by atoms with E-state index in [0.29, 0.717) is 23.6 Å². The highest BCUT2D eigenvalue weighted by Gasteiger charge is 2.14. The number of pyridine rings is 1. The molecule has 0 N–H and O–H groups in total. The molecule has 6 nitrogen and oxygen atoms in total. The summed E-state index contributed by atoms with van der Waals surface area (Å²) >= 11 is 0. The van der Waals surface area contributed by atoms with Crippen molar-refractivity contribution in [1.82, 2.24) is 19.5 Å². The quantitative estimate of drug-likeness (QED) is 0.599. The van der Waals surface area contributed by atoms with E-state index in [2.05, 4.69) is 19.6 Å². The van der Waals surface area contributed by atoms with Crippen LogP contribution in [0.4, 0.5) is 0 Å². The molecular weight excluding hydrogens is 208 g/mol. The zero-order valence-electron chi connectivity index (χ0n) is 8.07. The smallest absolute Gasteiger partial charge is 0.238 e. The lowest BCUT2D eigenvalue weighted by Crippen LogP contribution is -1.89. The molecule has 0 amide bonds. The van der Waals surface area contributed by atoms with Crippen molar-refractivity contribution in [2.24, 2.45) is 0 Å². The second-order valence-electron chi connectivity index (χ2n) is 3.15. The highest BCUT2D eigenvalue weighted by Crippen LogP contribution is 2.18. The van der Waals surface area contributed by atoms with Gasteiger partial charge in [0.1, 0.15) is 5.69 Å². The summed E-state index contributed by atoms with van der Waals surface area (Å²) in [5, 5.41) is 3.70. The van der Waals surface area contributed by atoms with Crippen LogP contribution in [0.2, 0.25) is 0 Å². The Balaban J connectivity index is 2.37. The molecule has 0 aliphatic carbocycles. The maximum atomic E-state index is 10.9. The number of fused-ring (bicyclic) bond motifs is 1. The average molecular weight is 214 g/mol. The highest BCUT2D eigenvalue weighted by atomic mass is 16.5. The third-order valence-corrected chi connectivity index (χ3v) is 2.25. The van der Waals surface area contributed by atoms with Crippen LogP contribution in [0, 0.1) is 0 Å². The van der Waals surface area contributed by atoms with Gasteiger partial charge in [-0.15, -0.1) is 0 Å². The van der Waals surface area contributed by atoms with E-state index >= 15 is 0 Å². The molecule has 3 aromatic heterocycles. The van der Waals surface area contributed by atoms with Crippen molar-refractivity contribution in [3.05, 3.63) is 36.5 Å².